The van der Waals surface area contributed by atoms with Crippen LogP contribution in [0.15, 0.2) is 0 Å². The van der Waals surface area contributed by atoms with E-state index in [1.165, 1.54) is 14.2 Å². The second kappa shape index (κ2) is 5.45. The first kappa shape index (κ1) is 13.0. The number of rotatable bonds is 4. The summed E-state index contributed by atoms with van der Waals surface area (Å²) in [4.78, 5) is 12.5. The molecule has 0 bridgehead atoms. The fourth-order valence-electron chi connectivity index (χ4n) is 1.91. The number of hydrogen-bond acceptors (Lipinski definition) is 6. The maximum absolute atomic E-state index is 5.37. The summed E-state index contributed by atoms with van der Waals surface area (Å²) in [5, 5.41) is 0. The third-order valence-corrected chi connectivity index (χ3v) is 3.08. The Balaban J connectivity index is 2.16. The van der Waals surface area contributed by atoms with Gasteiger partial charge in [0.05, 0.1) is 34.5 Å². The van der Waals surface area contributed by atoms with E-state index in [9.17, 15) is 0 Å². The van der Waals surface area contributed by atoms with Crippen LogP contribution in [0, 0.1) is 0 Å². The topological polar surface area (TPSA) is 66.4 Å². The summed E-state index contributed by atoms with van der Waals surface area (Å²) in [6, 6.07) is 0.577. The summed E-state index contributed by atoms with van der Waals surface area (Å²) < 4.78 is 16.3. The Hall–Kier alpha value is -1.47. The van der Waals surface area contributed by atoms with Crippen molar-refractivity contribution in [1.82, 2.24) is 15.0 Å². The van der Waals surface area contributed by atoms with Gasteiger partial charge in [-0.3, -0.25) is 0 Å². The van der Waals surface area contributed by atoms with Crippen molar-refractivity contribution >= 4 is 0 Å². The highest BCUT2D eigenvalue weighted by molar-refractivity contribution is 5.04. The van der Waals surface area contributed by atoms with Gasteiger partial charge in [0, 0.05) is 0 Å². The maximum Gasteiger partial charge on any atom is 0.322 e. The van der Waals surface area contributed by atoms with Crippen molar-refractivity contribution in [2.45, 2.75) is 6.54 Å². The molecule has 0 aliphatic carbocycles. The Kier molecular flexibility index (Phi) is 3.93. The average molecular weight is 255 g/mol. The second-order valence-corrected chi connectivity index (χ2v) is 4.56. The highest BCUT2D eigenvalue weighted by atomic mass is 16.5. The molecule has 1 aliphatic rings. The Morgan fingerprint density at radius 1 is 1.06 bits per heavy atom. The van der Waals surface area contributed by atoms with Crippen LogP contribution < -0.4 is 9.47 Å². The SMILES string of the molecule is COc1nc(C[N+]2(C)CCOCC2)nc(OC)n1. The van der Waals surface area contributed by atoms with Crippen LogP contribution in [0.3, 0.4) is 0 Å². The van der Waals surface area contributed by atoms with Gasteiger partial charge in [-0.1, -0.05) is 0 Å². The van der Waals surface area contributed by atoms with Crippen LogP contribution in [0.5, 0.6) is 12.0 Å². The van der Waals surface area contributed by atoms with Gasteiger partial charge in [-0.05, 0) is 0 Å². The van der Waals surface area contributed by atoms with Gasteiger partial charge in [0.1, 0.15) is 19.6 Å². The van der Waals surface area contributed by atoms with Crippen molar-refractivity contribution in [2.24, 2.45) is 0 Å². The van der Waals surface area contributed by atoms with Crippen LogP contribution in [0.25, 0.3) is 0 Å². The zero-order valence-electron chi connectivity index (χ0n) is 11.0. The molecule has 1 aliphatic heterocycles. The van der Waals surface area contributed by atoms with Crippen molar-refractivity contribution in [3.05, 3.63) is 5.82 Å². The number of hydrogen-bond donors (Lipinski definition) is 0. The van der Waals surface area contributed by atoms with Crippen molar-refractivity contribution in [3.63, 3.8) is 0 Å². The van der Waals surface area contributed by atoms with E-state index in [-0.39, 0.29) is 12.0 Å². The van der Waals surface area contributed by atoms with Gasteiger partial charge in [-0.15, -0.1) is 4.98 Å². The molecule has 7 heteroatoms. The Bertz CT molecular complexity index is 385. The molecule has 18 heavy (non-hydrogen) atoms. The van der Waals surface area contributed by atoms with E-state index >= 15 is 0 Å². The van der Waals surface area contributed by atoms with Gasteiger partial charge in [0.25, 0.3) is 0 Å². The first-order chi connectivity index (χ1) is 8.65. The average Bonchev–Trinajstić information content (AvgIpc) is 2.38. The zero-order chi connectivity index (χ0) is 13.0. The number of quaternary nitrogens is 1. The smallest absolute Gasteiger partial charge is 0.322 e. The highest BCUT2D eigenvalue weighted by Crippen LogP contribution is 2.15. The van der Waals surface area contributed by atoms with Crippen LogP contribution in [0.1, 0.15) is 5.82 Å². The second-order valence-electron chi connectivity index (χ2n) is 4.56. The molecule has 0 aromatic carbocycles. The number of likely N-dealkylation sites (N-methyl/N-ethyl adjacent to an activating group) is 1. The number of morpholine rings is 1. The molecule has 0 spiro atoms. The first-order valence-corrected chi connectivity index (χ1v) is 5.89. The van der Waals surface area contributed by atoms with E-state index in [1.807, 2.05) is 0 Å². The van der Waals surface area contributed by atoms with E-state index in [1.54, 1.807) is 0 Å². The molecule has 7 nitrogen and oxygen atoms in total. The van der Waals surface area contributed by atoms with Gasteiger partial charge in [0.2, 0.25) is 0 Å². The lowest BCUT2D eigenvalue weighted by Crippen LogP contribution is -2.51. The summed E-state index contributed by atoms with van der Waals surface area (Å²) in [5.41, 5.74) is 0. The van der Waals surface area contributed by atoms with Crippen LogP contribution >= 0.6 is 0 Å². The van der Waals surface area contributed by atoms with Gasteiger partial charge < -0.3 is 18.7 Å². The Morgan fingerprint density at radius 3 is 2.11 bits per heavy atom. The highest BCUT2D eigenvalue weighted by Gasteiger charge is 2.27. The molecule has 1 aromatic rings. The molecule has 0 unspecified atom stereocenters. The predicted molar refractivity (Wildman–Crippen MR) is 63.4 cm³/mol. The molecule has 1 saturated heterocycles. The number of methoxy groups -OCH3 is 2. The van der Waals surface area contributed by atoms with Crippen LogP contribution in [-0.4, -0.2) is 67.0 Å². The minimum Gasteiger partial charge on any atom is -0.467 e. The summed E-state index contributed by atoms with van der Waals surface area (Å²) in [7, 11) is 5.23. The molecule has 1 aromatic heterocycles. The fourth-order valence-corrected chi connectivity index (χ4v) is 1.91. The van der Waals surface area contributed by atoms with Gasteiger partial charge in [-0.2, -0.15) is 9.97 Å². The predicted octanol–water partition coefficient (Wildman–Crippen LogP) is -0.134. The van der Waals surface area contributed by atoms with E-state index in [4.69, 9.17) is 14.2 Å². The molecular weight excluding hydrogens is 236 g/mol. The third kappa shape index (κ3) is 3.05. The molecule has 0 N–H and O–H groups in total. The zero-order valence-corrected chi connectivity index (χ0v) is 11.0. The molecule has 0 radical (unpaired) electrons. The van der Waals surface area contributed by atoms with Crippen molar-refractivity contribution < 1.29 is 18.7 Å². The minimum atomic E-state index is 0.289. The molecule has 0 atom stereocenters. The maximum atomic E-state index is 5.37. The Labute approximate surface area is 106 Å². The first-order valence-electron chi connectivity index (χ1n) is 5.89. The summed E-state index contributed by atoms with van der Waals surface area (Å²) in [6.07, 6.45) is 0. The van der Waals surface area contributed by atoms with Crippen molar-refractivity contribution in [2.75, 3.05) is 47.6 Å². The molecule has 0 saturated carbocycles. The summed E-state index contributed by atoms with van der Waals surface area (Å²) in [5.74, 6) is 0.683. The van der Waals surface area contributed by atoms with Gasteiger partial charge >= 0.3 is 12.0 Å². The standard InChI is InChI=1S/C11H19N4O3/c1-15(4-6-18-7-5-15)8-9-12-10(16-2)14-11(13-9)17-3/h4-8H2,1-3H3/q+1. The van der Waals surface area contributed by atoms with Crippen LogP contribution in [0.4, 0.5) is 0 Å². The van der Waals surface area contributed by atoms with Crippen LogP contribution in [0.2, 0.25) is 0 Å². The lowest BCUT2D eigenvalue weighted by atomic mass is 10.3. The summed E-state index contributed by atoms with van der Waals surface area (Å²) in [6.45, 7) is 4.18. The van der Waals surface area contributed by atoms with E-state index in [2.05, 4.69) is 22.0 Å². The summed E-state index contributed by atoms with van der Waals surface area (Å²) >= 11 is 0. The number of ether oxygens (including phenoxy) is 3. The minimum absolute atomic E-state index is 0.289. The van der Waals surface area contributed by atoms with Gasteiger partial charge in [0.15, 0.2) is 5.82 Å². The van der Waals surface area contributed by atoms with Crippen LogP contribution in [-0.2, 0) is 11.3 Å². The molecule has 100 valence electrons. The number of aromatic nitrogens is 3. The molecule has 2 rings (SSSR count). The lowest BCUT2D eigenvalue weighted by Gasteiger charge is -2.36. The monoisotopic (exact) mass is 255 g/mol. The lowest BCUT2D eigenvalue weighted by molar-refractivity contribution is -0.930. The largest absolute Gasteiger partial charge is 0.467 e. The molecule has 1 fully saturated rings. The Morgan fingerprint density at radius 2 is 1.61 bits per heavy atom. The van der Waals surface area contributed by atoms with E-state index < -0.39 is 0 Å². The number of nitrogens with zero attached hydrogens (tertiary/aromatic N) is 4. The quantitative estimate of drug-likeness (QED) is 0.698. The fraction of sp³-hybridized carbons (Fsp3) is 0.727. The third-order valence-electron chi connectivity index (χ3n) is 3.08. The van der Waals surface area contributed by atoms with Gasteiger partial charge in [-0.25, -0.2) is 0 Å². The van der Waals surface area contributed by atoms with Crippen molar-refractivity contribution in [1.29, 1.82) is 0 Å². The van der Waals surface area contributed by atoms with E-state index in [0.29, 0.717) is 5.82 Å². The molecular formula is C11H19N4O3+. The molecule has 2 heterocycles. The van der Waals surface area contributed by atoms with E-state index in [0.717, 1.165) is 37.3 Å². The molecule has 0 amide bonds. The van der Waals surface area contributed by atoms with Crippen molar-refractivity contribution in [3.8, 4) is 12.0 Å². The normalized spacial score (nSPS) is 18.4.